The van der Waals surface area contributed by atoms with Crippen LogP contribution in [0.15, 0.2) is 93.3 Å². The summed E-state index contributed by atoms with van der Waals surface area (Å²) < 4.78 is 19.3. The van der Waals surface area contributed by atoms with Crippen molar-refractivity contribution in [1.82, 2.24) is 0 Å². The third-order valence-corrected chi connectivity index (χ3v) is 7.17. The summed E-state index contributed by atoms with van der Waals surface area (Å²) in [5.41, 5.74) is 4.91. The standard InChI is InChI=1S/C29H23O3P/c1-18-16-19(2)29(20(3)17-18)32-33-30-25-14-12-21-8-4-6-10-23(21)27(25)28-24-11-7-5-9-22(24)13-15-26(28)31-33/h4-17H,1-3H3. The second-order valence-corrected chi connectivity index (χ2v) is 9.54. The van der Waals surface area contributed by atoms with Crippen LogP contribution in [0.4, 0.5) is 0 Å². The molecule has 162 valence electrons. The van der Waals surface area contributed by atoms with Gasteiger partial charge in [-0.2, -0.15) is 0 Å². The second kappa shape index (κ2) is 7.72. The fraction of sp³-hybridized carbons (Fsp3) is 0.103. The summed E-state index contributed by atoms with van der Waals surface area (Å²) in [6.07, 6.45) is 0. The van der Waals surface area contributed by atoms with E-state index in [9.17, 15) is 0 Å². The van der Waals surface area contributed by atoms with Crippen molar-refractivity contribution in [3.63, 3.8) is 0 Å². The molecular weight excluding hydrogens is 427 g/mol. The second-order valence-electron chi connectivity index (χ2n) is 8.54. The van der Waals surface area contributed by atoms with Gasteiger partial charge in [-0.05, 0) is 65.6 Å². The van der Waals surface area contributed by atoms with Crippen LogP contribution < -0.4 is 4.52 Å². The van der Waals surface area contributed by atoms with Crippen molar-refractivity contribution in [2.75, 3.05) is 0 Å². The van der Waals surface area contributed by atoms with Gasteiger partial charge in [-0.3, -0.25) is 0 Å². The molecule has 0 unspecified atom stereocenters. The zero-order valence-corrected chi connectivity index (χ0v) is 19.6. The van der Waals surface area contributed by atoms with Gasteiger partial charge in [0.05, 0.1) is 0 Å². The quantitative estimate of drug-likeness (QED) is 0.264. The van der Waals surface area contributed by atoms with Crippen LogP contribution in [-0.4, -0.2) is 0 Å². The van der Waals surface area contributed by atoms with Gasteiger partial charge in [0.2, 0.25) is 0 Å². The summed E-state index contributed by atoms with van der Waals surface area (Å²) >= 11 is 0. The maximum atomic E-state index is 6.46. The molecule has 5 aromatic carbocycles. The van der Waals surface area contributed by atoms with Crippen molar-refractivity contribution < 1.29 is 12.9 Å². The fourth-order valence-corrected chi connectivity index (χ4v) is 5.95. The molecule has 0 saturated carbocycles. The zero-order valence-electron chi connectivity index (χ0n) is 18.8. The van der Waals surface area contributed by atoms with E-state index in [0.29, 0.717) is 0 Å². The van der Waals surface area contributed by atoms with Gasteiger partial charge in [0, 0.05) is 10.8 Å². The fourth-order valence-electron chi connectivity index (χ4n) is 4.77. The molecule has 0 N–H and O–H groups in total. The van der Waals surface area contributed by atoms with E-state index in [4.69, 9.17) is 12.9 Å². The van der Waals surface area contributed by atoms with Crippen LogP contribution in [0.2, 0.25) is 0 Å². The highest BCUT2D eigenvalue weighted by Gasteiger charge is 2.15. The molecule has 0 fully saturated rings. The molecule has 0 atom stereocenters. The predicted molar refractivity (Wildman–Crippen MR) is 138 cm³/mol. The molecule has 1 heterocycles. The lowest BCUT2D eigenvalue weighted by Crippen LogP contribution is -1.89. The van der Waals surface area contributed by atoms with Gasteiger partial charge >= 0.3 is 8.24 Å². The first-order valence-corrected chi connectivity index (χ1v) is 12.1. The van der Waals surface area contributed by atoms with Crippen molar-refractivity contribution in [2.45, 2.75) is 20.8 Å². The number of hydrogen-bond acceptors (Lipinski definition) is 3. The molecule has 0 aliphatic rings. The predicted octanol–water partition coefficient (Wildman–Crippen LogP) is 9.36. The molecule has 0 spiro atoms. The largest absolute Gasteiger partial charge is 0.453 e. The number of aryl methyl sites for hydroxylation is 3. The van der Waals surface area contributed by atoms with Crippen molar-refractivity contribution in [1.29, 1.82) is 0 Å². The van der Waals surface area contributed by atoms with Gasteiger partial charge in [-0.1, -0.05) is 78.4 Å². The van der Waals surface area contributed by atoms with E-state index < -0.39 is 8.24 Å². The maximum absolute atomic E-state index is 6.46. The van der Waals surface area contributed by atoms with E-state index in [-0.39, 0.29) is 0 Å². The molecule has 33 heavy (non-hydrogen) atoms. The van der Waals surface area contributed by atoms with E-state index >= 15 is 0 Å². The first-order valence-electron chi connectivity index (χ1n) is 11.0. The zero-order chi connectivity index (χ0) is 22.5. The van der Waals surface area contributed by atoms with Crippen LogP contribution >= 0.6 is 8.24 Å². The molecule has 3 nitrogen and oxygen atoms in total. The number of fused-ring (bicyclic) bond motifs is 7. The number of benzene rings is 5. The minimum absolute atomic E-state index is 0.775. The molecule has 0 saturated heterocycles. The molecule has 0 aliphatic carbocycles. The molecule has 0 aliphatic heterocycles. The van der Waals surface area contributed by atoms with Crippen molar-refractivity contribution in [3.8, 4) is 5.75 Å². The topological polar surface area (TPSA) is 35.5 Å². The molecule has 6 rings (SSSR count). The Labute approximate surface area is 192 Å². The Hall–Kier alpha value is -3.68. The highest BCUT2D eigenvalue weighted by atomic mass is 31.1. The minimum Gasteiger partial charge on any atom is -0.390 e. The molecule has 6 aromatic rings. The van der Waals surface area contributed by atoms with Crippen LogP contribution in [0.1, 0.15) is 16.7 Å². The molecule has 0 radical (unpaired) electrons. The van der Waals surface area contributed by atoms with E-state index in [2.05, 4.69) is 93.6 Å². The third-order valence-electron chi connectivity index (χ3n) is 6.15. The van der Waals surface area contributed by atoms with Gasteiger partial charge < -0.3 is 12.9 Å². The Bertz CT molecular complexity index is 1610. The molecule has 0 bridgehead atoms. The summed E-state index contributed by atoms with van der Waals surface area (Å²) in [5.74, 6) is 0.818. The average molecular weight is 450 g/mol. The smallest absolute Gasteiger partial charge is 0.390 e. The van der Waals surface area contributed by atoms with Crippen molar-refractivity contribution in [3.05, 3.63) is 102 Å². The number of rotatable bonds is 2. The van der Waals surface area contributed by atoms with Gasteiger partial charge in [0.15, 0.2) is 0 Å². The van der Waals surface area contributed by atoms with Crippen LogP contribution in [0.5, 0.6) is 5.75 Å². The van der Waals surface area contributed by atoms with Crippen LogP contribution in [0.3, 0.4) is 0 Å². The maximum Gasteiger partial charge on any atom is 0.453 e. The Kier molecular flexibility index (Phi) is 4.67. The van der Waals surface area contributed by atoms with Crippen LogP contribution in [-0.2, 0) is 0 Å². The lowest BCUT2D eigenvalue weighted by atomic mass is 9.99. The molecule has 1 aromatic heterocycles. The summed E-state index contributed by atoms with van der Waals surface area (Å²) in [4.78, 5) is 0. The van der Waals surface area contributed by atoms with E-state index in [1.165, 1.54) is 5.56 Å². The summed E-state index contributed by atoms with van der Waals surface area (Å²) in [5, 5.41) is 6.69. The first-order chi connectivity index (χ1) is 16.1. The van der Waals surface area contributed by atoms with Gasteiger partial charge in [0.1, 0.15) is 16.9 Å². The van der Waals surface area contributed by atoms with Crippen molar-refractivity contribution in [2.24, 2.45) is 0 Å². The van der Waals surface area contributed by atoms with Gasteiger partial charge in [-0.15, -0.1) is 0 Å². The SMILES string of the molecule is Cc1cc(C)c(Op2oc3ccc4ccccc4c3c3c(ccc4ccccc43)o2)c(C)c1. The Morgan fingerprint density at radius 2 is 1.09 bits per heavy atom. The molecule has 4 heteroatoms. The molecule has 0 amide bonds. The molecular formula is C29H23O3P. The Morgan fingerprint density at radius 3 is 1.61 bits per heavy atom. The normalized spacial score (nSPS) is 11.5. The van der Waals surface area contributed by atoms with Crippen LogP contribution in [0, 0.1) is 20.8 Å². The minimum atomic E-state index is -1.70. The summed E-state index contributed by atoms with van der Waals surface area (Å²) in [6, 6.07) is 29.3. The van der Waals surface area contributed by atoms with E-state index in [1.54, 1.807) is 0 Å². The summed E-state index contributed by atoms with van der Waals surface area (Å²) in [7, 11) is -1.70. The number of hydrogen-bond donors (Lipinski definition) is 0. The lowest BCUT2D eigenvalue weighted by Gasteiger charge is -2.10. The monoisotopic (exact) mass is 450 g/mol. The third kappa shape index (κ3) is 3.37. The first kappa shape index (κ1) is 20.0. The summed E-state index contributed by atoms with van der Waals surface area (Å²) in [6.45, 7) is 6.22. The van der Waals surface area contributed by atoms with Crippen molar-refractivity contribution >= 4 is 51.7 Å². The van der Waals surface area contributed by atoms with Gasteiger partial charge in [-0.25, -0.2) is 0 Å². The lowest BCUT2D eigenvalue weighted by molar-refractivity contribution is 0.493. The van der Waals surface area contributed by atoms with E-state index in [1.807, 2.05) is 12.1 Å². The highest BCUT2D eigenvalue weighted by molar-refractivity contribution is 7.32. The highest BCUT2D eigenvalue weighted by Crippen LogP contribution is 2.42. The average Bonchev–Trinajstić information content (AvgIpc) is 2.98. The van der Waals surface area contributed by atoms with E-state index in [0.717, 1.165) is 60.4 Å². The van der Waals surface area contributed by atoms with Crippen LogP contribution in [0.25, 0.3) is 43.5 Å². The Morgan fingerprint density at radius 1 is 0.606 bits per heavy atom. The van der Waals surface area contributed by atoms with Gasteiger partial charge in [0.25, 0.3) is 0 Å². The Balaban J connectivity index is 1.76.